The van der Waals surface area contributed by atoms with Crippen LogP contribution in [-0.4, -0.2) is 30.3 Å². The molecule has 0 aromatic heterocycles. The summed E-state index contributed by atoms with van der Waals surface area (Å²) in [7, 11) is -3.46. The first-order valence-electron chi connectivity index (χ1n) is 7.30. The predicted molar refractivity (Wildman–Crippen MR) is 88.9 cm³/mol. The summed E-state index contributed by atoms with van der Waals surface area (Å²) in [6, 6.07) is 5.19. The number of thiocarbonyl (C=S) groups is 1. The minimum Gasteiger partial charge on any atom is -0.389 e. The van der Waals surface area contributed by atoms with Gasteiger partial charge in [0.05, 0.1) is 4.90 Å². The molecule has 1 aliphatic carbocycles. The number of hydrogen-bond donors (Lipinski definition) is 1. The first-order chi connectivity index (χ1) is 9.87. The molecule has 2 N–H and O–H groups in total. The summed E-state index contributed by atoms with van der Waals surface area (Å²) >= 11 is 4.94. The number of aryl methyl sites for hydroxylation is 1. The summed E-state index contributed by atoms with van der Waals surface area (Å²) in [5.41, 5.74) is 6.99. The van der Waals surface area contributed by atoms with Crippen LogP contribution in [0.3, 0.4) is 0 Å². The molecular formula is C15H22N2O2S2. The third-order valence-corrected chi connectivity index (χ3v) is 6.51. The molecule has 0 unspecified atom stereocenters. The first kappa shape index (κ1) is 16.4. The fourth-order valence-electron chi connectivity index (χ4n) is 3.04. The maximum atomic E-state index is 12.9. The van der Waals surface area contributed by atoms with Crippen molar-refractivity contribution in [3.05, 3.63) is 29.3 Å². The van der Waals surface area contributed by atoms with Crippen LogP contribution in [0.1, 0.15) is 43.7 Å². The largest absolute Gasteiger partial charge is 0.389 e. The monoisotopic (exact) mass is 326 g/mol. The molecular weight excluding hydrogens is 304 g/mol. The number of sulfonamides is 1. The van der Waals surface area contributed by atoms with Gasteiger partial charge in [-0.1, -0.05) is 38.0 Å². The van der Waals surface area contributed by atoms with Crippen molar-refractivity contribution in [3.8, 4) is 0 Å². The average Bonchev–Trinajstić information content (AvgIpc) is 2.92. The van der Waals surface area contributed by atoms with E-state index in [1.807, 2.05) is 6.92 Å². The van der Waals surface area contributed by atoms with Crippen molar-refractivity contribution in [3.63, 3.8) is 0 Å². The van der Waals surface area contributed by atoms with Crippen molar-refractivity contribution in [1.82, 2.24) is 4.31 Å². The zero-order valence-corrected chi connectivity index (χ0v) is 14.1. The SMILES string of the molecule is CCN(C1CCCC1)S(=O)(=O)c1ccc(C(N)=S)cc1C. The number of nitrogens with zero attached hydrogens (tertiary/aromatic N) is 1. The molecule has 6 heteroatoms. The molecule has 116 valence electrons. The second kappa shape index (κ2) is 6.42. The normalized spacial score (nSPS) is 16.5. The zero-order chi connectivity index (χ0) is 15.6. The summed E-state index contributed by atoms with van der Waals surface area (Å²) in [6.45, 7) is 4.19. The van der Waals surface area contributed by atoms with Crippen LogP contribution in [0.4, 0.5) is 0 Å². The van der Waals surface area contributed by atoms with E-state index < -0.39 is 10.0 Å². The second-order valence-corrected chi connectivity index (χ2v) is 7.79. The summed E-state index contributed by atoms with van der Waals surface area (Å²) in [5.74, 6) is 0. The van der Waals surface area contributed by atoms with E-state index in [0.29, 0.717) is 22.6 Å². The molecule has 0 amide bonds. The molecule has 0 atom stereocenters. The van der Waals surface area contributed by atoms with Gasteiger partial charge in [-0.2, -0.15) is 4.31 Å². The summed E-state index contributed by atoms with van der Waals surface area (Å²) in [6.07, 6.45) is 4.13. The third kappa shape index (κ3) is 3.27. The molecule has 1 aromatic carbocycles. The van der Waals surface area contributed by atoms with E-state index in [1.165, 1.54) is 0 Å². The van der Waals surface area contributed by atoms with Crippen LogP contribution in [0, 0.1) is 6.92 Å². The van der Waals surface area contributed by atoms with Crippen LogP contribution >= 0.6 is 12.2 Å². The predicted octanol–water partition coefficient (Wildman–Crippen LogP) is 2.58. The van der Waals surface area contributed by atoms with Gasteiger partial charge in [0.25, 0.3) is 0 Å². The number of hydrogen-bond acceptors (Lipinski definition) is 3. The van der Waals surface area contributed by atoms with Gasteiger partial charge in [-0.05, 0) is 37.5 Å². The lowest BCUT2D eigenvalue weighted by Gasteiger charge is -2.27. The first-order valence-corrected chi connectivity index (χ1v) is 9.15. The topological polar surface area (TPSA) is 63.4 Å². The summed E-state index contributed by atoms with van der Waals surface area (Å²) < 4.78 is 27.5. The lowest BCUT2D eigenvalue weighted by molar-refractivity contribution is 0.335. The van der Waals surface area contributed by atoms with Gasteiger partial charge in [-0.15, -0.1) is 0 Å². The molecule has 0 bridgehead atoms. The molecule has 1 fully saturated rings. The van der Waals surface area contributed by atoms with Crippen LogP contribution in [0.2, 0.25) is 0 Å². The van der Waals surface area contributed by atoms with Crippen LogP contribution < -0.4 is 5.73 Å². The van der Waals surface area contributed by atoms with E-state index >= 15 is 0 Å². The van der Waals surface area contributed by atoms with Gasteiger partial charge in [-0.25, -0.2) is 8.42 Å². The van der Waals surface area contributed by atoms with E-state index in [4.69, 9.17) is 18.0 Å². The van der Waals surface area contributed by atoms with Gasteiger partial charge >= 0.3 is 0 Å². The van der Waals surface area contributed by atoms with Gasteiger partial charge in [-0.3, -0.25) is 0 Å². The van der Waals surface area contributed by atoms with Crippen molar-refractivity contribution >= 4 is 27.2 Å². The van der Waals surface area contributed by atoms with E-state index in [1.54, 1.807) is 29.4 Å². The number of benzene rings is 1. The molecule has 1 aliphatic rings. The zero-order valence-electron chi connectivity index (χ0n) is 12.5. The standard InChI is InChI=1S/C15H22N2O2S2/c1-3-17(13-6-4-5-7-13)21(18,19)14-9-8-12(15(16)20)10-11(14)2/h8-10,13H,3-7H2,1-2H3,(H2,16,20). The Morgan fingerprint density at radius 3 is 2.48 bits per heavy atom. The van der Waals surface area contributed by atoms with Crippen molar-refractivity contribution in [2.75, 3.05) is 6.54 Å². The Morgan fingerprint density at radius 2 is 2.00 bits per heavy atom. The fourth-order valence-corrected chi connectivity index (χ4v) is 5.06. The van der Waals surface area contributed by atoms with Crippen molar-refractivity contribution in [1.29, 1.82) is 0 Å². The Hall–Kier alpha value is -0.980. The quantitative estimate of drug-likeness (QED) is 0.845. The Morgan fingerprint density at radius 1 is 1.38 bits per heavy atom. The lowest BCUT2D eigenvalue weighted by atomic mass is 10.1. The molecule has 1 saturated carbocycles. The van der Waals surface area contributed by atoms with E-state index in [2.05, 4.69) is 0 Å². The van der Waals surface area contributed by atoms with Gasteiger partial charge in [0.2, 0.25) is 10.0 Å². The fraction of sp³-hybridized carbons (Fsp3) is 0.533. The molecule has 0 heterocycles. The van der Waals surface area contributed by atoms with Gasteiger partial charge in [0, 0.05) is 18.2 Å². The summed E-state index contributed by atoms with van der Waals surface area (Å²) in [5, 5.41) is 0. The van der Waals surface area contributed by atoms with Gasteiger partial charge in [0.1, 0.15) is 4.99 Å². The Labute approximate surface area is 132 Å². The Bertz CT molecular complexity index is 635. The van der Waals surface area contributed by atoms with E-state index in [9.17, 15) is 8.42 Å². The lowest BCUT2D eigenvalue weighted by Crippen LogP contribution is -2.38. The van der Waals surface area contributed by atoms with E-state index in [-0.39, 0.29) is 11.0 Å². The van der Waals surface area contributed by atoms with Gasteiger partial charge < -0.3 is 5.73 Å². The highest BCUT2D eigenvalue weighted by molar-refractivity contribution is 7.89. The number of nitrogens with two attached hydrogens (primary N) is 1. The van der Waals surface area contributed by atoms with Crippen LogP contribution in [0.5, 0.6) is 0 Å². The molecule has 0 saturated heterocycles. The minimum atomic E-state index is -3.46. The highest BCUT2D eigenvalue weighted by Gasteiger charge is 2.32. The smallest absolute Gasteiger partial charge is 0.243 e. The minimum absolute atomic E-state index is 0.134. The molecule has 4 nitrogen and oxygen atoms in total. The maximum absolute atomic E-state index is 12.9. The van der Waals surface area contributed by atoms with Gasteiger partial charge in [0.15, 0.2) is 0 Å². The highest BCUT2D eigenvalue weighted by Crippen LogP contribution is 2.29. The van der Waals surface area contributed by atoms with E-state index in [0.717, 1.165) is 25.7 Å². The van der Waals surface area contributed by atoms with Crippen LogP contribution in [-0.2, 0) is 10.0 Å². The van der Waals surface area contributed by atoms with Crippen LogP contribution in [0.15, 0.2) is 23.1 Å². The third-order valence-electron chi connectivity index (χ3n) is 4.09. The van der Waals surface area contributed by atoms with Crippen molar-refractivity contribution in [2.45, 2.75) is 50.5 Å². The molecule has 21 heavy (non-hydrogen) atoms. The molecule has 0 aliphatic heterocycles. The molecule has 1 aromatic rings. The maximum Gasteiger partial charge on any atom is 0.243 e. The average molecular weight is 326 g/mol. The molecule has 0 radical (unpaired) electrons. The Kier molecular flexibility index (Phi) is 5.01. The summed E-state index contributed by atoms with van der Waals surface area (Å²) in [4.78, 5) is 0.640. The highest BCUT2D eigenvalue weighted by atomic mass is 32.2. The number of rotatable bonds is 5. The second-order valence-electron chi connectivity index (χ2n) is 5.49. The van der Waals surface area contributed by atoms with Crippen molar-refractivity contribution in [2.24, 2.45) is 5.73 Å². The Balaban J connectivity index is 2.40. The molecule has 0 spiro atoms. The van der Waals surface area contributed by atoms with Crippen LogP contribution in [0.25, 0.3) is 0 Å². The molecule has 2 rings (SSSR count). The van der Waals surface area contributed by atoms with Crippen molar-refractivity contribution < 1.29 is 8.42 Å².